The molecule has 0 spiro atoms. The highest BCUT2D eigenvalue weighted by atomic mass is 32.2. The second-order valence-electron chi connectivity index (χ2n) is 7.25. The number of sulfonamides is 1. The van der Waals surface area contributed by atoms with E-state index in [4.69, 9.17) is 14.3 Å². The third kappa shape index (κ3) is 5.93. The fourth-order valence-corrected chi connectivity index (χ4v) is 4.90. The van der Waals surface area contributed by atoms with E-state index in [-0.39, 0.29) is 29.9 Å². The average molecular weight is 506 g/mol. The van der Waals surface area contributed by atoms with Crippen LogP contribution >= 0.6 is 11.3 Å². The van der Waals surface area contributed by atoms with Crippen molar-refractivity contribution in [2.24, 2.45) is 5.16 Å². The number of nitrogens with zero attached hydrogens (tertiary/aromatic N) is 3. The number of carbonyl (C=O) groups is 1. The molecule has 3 aromatic rings. The summed E-state index contributed by atoms with van der Waals surface area (Å²) in [7, 11) is -2.23. The number of methoxy groups -OCH3 is 1. The van der Waals surface area contributed by atoms with Gasteiger partial charge in [0.05, 0.1) is 24.7 Å². The first-order chi connectivity index (χ1) is 16.5. The highest BCUT2D eigenvalue weighted by Crippen LogP contribution is 2.24. The maximum atomic E-state index is 13.1. The molecule has 0 unspecified atom stereocenters. The lowest BCUT2D eigenvalue weighted by Crippen LogP contribution is -2.27. The standard InChI is InChI=1S/C21H23N5O6S2/c1-30-12-10-23-34(28,29)16-6-4-14(5-7-16)18(26-32-15-8-11-31-13-15)19(27)25-21-24-17-3-2-9-22-20(17)33-21/h2-7,9,15,23H,8,10-13H2,1H3,(H,24,25,27)/b26-18+/t15-/m1/s1. The van der Waals surface area contributed by atoms with Crippen LogP contribution in [0.3, 0.4) is 0 Å². The van der Waals surface area contributed by atoms with Gasteiger partial charge in [-0.2, -0.15) is 0 Å². The van der Waals surface area contributed by atoms with Gasteiger partial charge in [0.1, 0.15) is 10.3 Å². The number of hydrogen-bond acceptors (Lipinski definition) is 10. The molecule has 34 heavy (non-hydrogen) atoms. The summed E-state index contributed by atoms with van der Waals surface area (Å²) < 4.78 is 37.4. The van der Waals surface area contributed by atoms with Crippen LogP contribution in [0.2, 0.25) is 0 Å². The number of benzene rings is 1. The predicted octanol–water partition coefficient (Wildman–Crippen LogP) is 1.76. The van der Waals surface area contributed by atoms with E-state index < -0.39 is 15.9 Å². The van der Waals surface area contributed by atoms with Crippen LogP contribution in [-0.2, 0) is 29.1 Å². The molecule has 2 N–H and O–H groups in total. The molecule has 0 bridgehead atoms. The molecule has 0 aliphatic carbocycles. The zero-order valence-corrected chi connectivity index (χ0v) is 19.9. The van der Waals surface area contributed by atoms with Crippen LogP contribution in [0.4, 0.5) is 5.13 Å². The molecule has 0 saturated carbocycles. The number of rotatable bonds is 10. The number of thiazole rings is 1. The molecule has 2 aromatic heterocycles. The third-order valence-corrected chi connectivity index (χ3v) is 7.19. The molecule has 1 fully saturated rings. The number of amides is 1. The lowest BCUT2D eigenvalue weighted by atomic mass is 10.1. The average Bonchev–Trinajstić information content (AvgIpc) is 3.49. The van der Waals surface area contributed by atoms with Gasteiger partial charge in [0.25, 0.3) is 5.91 Å². The molecule has 0 radical (unpaired) electrons. The van der Waals surface area contributed by atoms with E-state index in [0.29, 0.717) is 40.7 Å². The molecule has 1 aliphatic rings. The summed E-state index contributed by atoms with van der Waals surface area (Å²) >= 11 is 1.23. The van der Waals surface area contributed by atoms with Gasteiger partial charge in [-0.3, -0.25) is 10.1 Å². The molecule has 1 amide bonds. The molecule has 13 heteroatoms. The molecule has 4 rings (SSSR count). The minimum absolute atomic E-state index is 0.0181. The maximum absolute atomic E-state index is 13.1. The molecular weight excluding hydrogens is 482 g/mol. The Morgan fingerprint density at radius 1 is 1.29 bits per heavy atom. The van der Waals surface area contributed by atoms with Gasteiger partial charge >= 0.3 is 0 Å². The fraction of sp³-hybridized carbons (Fsp3) is 0.333. The van der Waals surface area contributed by atoms with Crippen molar-refractivity contribution in [3.8, 4) is 0 Å². The number of carbonyl (C=O) groups excluding carboxylic acids is 1. The van der Waals surface area contributed by atoms with Crippen LogP contribution < -0.4 is 10.0 Å². The van der Waals surface area contributed by atoms with E-state index in [0.717, 1.165) is 0 Å². The number of ether oxygens (including phenoxy) is 2. The predicted molar refractivity (Wildman–Crippen MR) is 126 cm³/mol. The SMILES string of the molecule is COCCNS(=O)(=O)c1ccc(/C(=N\O[C@@H]2CCOC2)C(=O)Nc2nc3cccnc3s2)cc1. The van der Waals surface area contributed by atoms with Crippen LogP contribution in [0, 0.1) is 0 Å². The molecular formula is C21H23N5O6S2. The van der Waals surface area contributed by atoms with E-state index in [1.165, 1.54) is 42.7 Å². The molecule has 3 heterocycles. The van der Waals surface area contributed by atoms with Crippen molar-refractivity contribution in [1.29, 1.82) is 0 Å². The first-order valence-electron chi connectivity index (χ1n) is 10.4. The van der Waals surface area contributed by atoms with Gasteiger partial charge in [0, 0.05) is 31.8 Å². The van der Waals surface area contributed by atoms with E-state index in [2.05, 4.69) is 25.2 Å². The number of aromatic nitrogens is 2. The zero-order valence-electron chi connectivity index (χ0n) is 18.3. The summed E-state index contributed by atoms with van der Waals surface area (Å²) in [5.41, 5.74) is 1.03. The first-order valence-corrected chi connectivity index (χ1v) is 12.7. The lowest BCUT2D eigenvalue weighted by molar-refractivity contribution is -0.110. The second-order valence-corrected chi connectivity index (χ2v) is 9.99. The van der Waals surface area contributed by atoms with Gasteiger partial charge in [0.2, 0.25) is 10.0 Å². The van der Waals surface area contributed by atoms with Crippen molar-refractivity contribution in [2.45, 2.75) is 17.4 Å². The summed E-state index contributed by atoms with van der Waals surface area (Å²) in [4.78, 5) is 27.9. The van der Waals surface area contributed by atoms with E-state index in [9.17, 15) is 13.2 Å². The minimum atomic E-state index is -3.72. The highest BCUT2D eigenvalue weighted by Gasteiger charge is 2.22. The van der Waals surface area contributed by atoms with Gasteiger partial charge in [-0.1, -0.05) is 28.6 Å². The normalized spacial score (nSPS) is 16.6. The number of oxime groups is 1. The van der Waals surface area contributed by atoms with Gasteiger partial charge in [-0.25, -0.2) is 23.1 Å². The number of nitrogens with one attached hydrogen (secondary N) is 2. The molecule has 11 nitrogen and oxygen atoms in total. The Hall–Kier alpha value is -2.97. The van der Waals surface area contributed by atoms with Crippen LogP contribution in [0.25, 0.3) is 10.3 Å². The molecule has 1 aromatic carbocycles. The number of fused-ring (bicyclic) bond motifs is 1. The summed E-state index contributed by atoms with van der Waals surface area (Å²) in [6.45, 7) is 1.33. The monoisotopic (exact) mass is 505 g/mol. The Bertz CT molecular complexity index is 1240. The topological polar surface area (TPSA) is 141 Å². The van der Waals surface area contributed by atoms with E-state index in [1.807, 2.05) is 0 Å². The summed E-state index contributed by atoms with van der Waals surface area (Å²) in [5.74, 6) is -0.549. The Balaban J connectivity index is 1.56. The molecule has 1 aliphatic heterocycles. The van der Waals surface area contributed by atoms with Crippen LogP contribution in [0.15, 0.2) is 52.6 Å². The van der Waals surface area contributed by atoms with Crippen LogP contribution in [0.1, 0.15) is 12.0 Å². The zero-order chi connectivity index (χ0) is 24.0. The Morgan fingerprint density at radius 3 is 2.82 bits per heavy atom. The van der Waals surface area contributed by atoms with Gasteiger partial charge < -0.3 is 14.3 Å². The van der Waals surface area contributed by atoms with Crippen molar-refractivity contribution >= 4 is 48.5 Å². The first kappa shape index (κ1) is 24.2. The van der Waals surface area contributed by atoms with Crippen LogP contribution in [0.5, 0.6) is 0 Å². The van der Waals surface area contributed by atoms with Crippen molar-refractivity contribution in [3.05, 3.63) is 48.2 Å². The lowest BCUT2D eigenvalue weighted by Gasteiger charge is -2.11. The second kappa shape index (κ2) is 11.0. The van der Waals surface area contributed by atoms with Gasteiger partial charge in [-0.05, 0) is 24.3 Å². The fourth-order valence-electron chi connectivity index (χ4n) is 3.08. The Kier molecular flexibility index (Phi) is 7.80. The molecule has 1 saturated heterocycles. The van der Waals surface area contributed by atoms with Gasteiger partial charge in [0.15, 0.2) is 16.9 Å². The van der Waals surface area contributed by atoms with Crippen molar-refractivity contribution in [2.75, 3.05) is 38.8 Å². The van der Waals surface area contributed by atoms with Crippen molar-refractivity contribution < 1.29 is 27.5 Å². The quantitative estimate of drug-likeness (QED) is 0.241. The van der Waals surface area contributed by atoms with Crippen molar-refractivity contribution in [1.82, 2.24) is 14.7 Å². The van der Waals surface area contributed by atoms with E-state index in [1.54, 1.807) is 18.3 Å². The van der Waals surface area contributed by atoms with Crippen LogP contribution in [-0.4, -0.2) is 69.6 Å². The molecule has 1 atom stereocenters. The number of pyridine rings is 1. The number of hydrogen-bond donors (Lipinski definition) is 2. The largest absolute Gasteiger partial charge is 0.389 e. The summed E-state index contributed by atoms with van der Waals surface area (Å²) in [5, 5.41) is 7.17. The Labute approximate surface area is 200 Å². The highest BCUT2D eigenvalue weighted by molar-refractivity contribution is 7.89. The maximum Gasteiger partial charge on any atom is 0.280 e. The summed E-state index contributed by atoms with van der Waals surface area (Å²) in [6, 6.07) is 9.35. The molecule has 180 valence electrons. The Morgan fingerprint density at radius 2 is 2.12 bits per heavy atom. The summed E-state index contributed by atoms with van der Waals surface area (Å²) in [6.07, 6.45) is 2.04. The smallest absolute Gasteiger partial charge is 0.280 e. The number of anilines is 1. The minimum Gasteiger partial charge on any atom is -0.389 e. The van der Waals surface area contributed by atoms with Crippen molar-refractivity contribution in [3.63, 3.8) is 0 Å². The van der Waals surface area contributed by atoms with E-state index >= 15 is 0 Å². The van der Waals surface area contributed by atoms with Gasteiger partial charge in [-0.15, -0.1) is 0 Å². The third-order valence-electron chi connectivity index (χ3n) is 4.82.